The van der Waals surface area contributed by atoms with Crippen LogP contribution in [0.4, 0.5) is 0 Å². The molecule has 116 valence electrons. The van der Waals surface area contributed by atoms with E-state index in [9.17, 15) is 4.79 Å². The molecule has 1 aromatic carbocycles. The first kappa shape index (κ1) is 15.3. The van der Waals surface area contributed by atoms with Crippen LogP contribution in [0.1, 0.15) is 16.7 Å². The number of rotatable bonds is 4. The maximum Gasteiger partial charge on any atom is 0.267 e. The van der Waals surface area contributed by atoms with Gasteiger partial charge in [0.1, 0.15) is 10.7 Å². The summed E-state index contributed by atoms with van der Waals surface area (Å²) in [6, 6.07) is 13.7. The van der Waals surface area contributed by atoms with Crippen LogP contribution in [-0.2, 0) is 5.75 Å². The SMILES string of the molecule is Cc1ccc2nc(SCc3ccccc3)c(/C=N/O)c(=O)n2c1. The van der Waals surface area contributed by atoms with Gasteiger partial charge in [0.05, 0.1) is 11.8 Å². The van der Waals surface area contributed by atoms with Crippen LogP contribution in [0.3, 0.4) is 0 Å². The van der Waals surface area contributed by atoms with Crippen molar-refractivity contribution >= 4 is 23.6 Å². The Balaban J connectivity index is 2.06. The minimum atomic E-state index is -0.243. The van der Waals surface area contributed by atoms with E-state index >= 15 is 0 Å². The van der Waals surface area contributed by atoms with Gasteiger partial charge in [0.2, 0.25) is 0 Å². The first-order valence-corrected chi connectivity index (χ1v) is 8.05. The summed E-state index contributed by atoms with van der Waals surface area (Å²) < 4.78 is 1.47. The van der Waals surface area contributed by atoms with Crippen LogP contribution < -0.4 is 5.56 Å². The predicted octanol–water partition coefficient (Wildman–Crippen LogP) is 3.10. The van der Waals surface area contributed by atoms with Crippen LogP contribution in [0.5, 0.6) is 0 Å². The van der Waals surface area contributed by atoms with Gasteiger partial charge in [-0.3, -0.25) is 9.20 Å². The molecule has 0 saturated heterocycles. The molecular weight excluding hydrogens is 310 g/mol. The summed E-state index contributed by atoms with van der Waals surface area (Å²) in [5.41, 5.74) is 2.71. The minimum Gasteiger partial charge on any atom is -0.411 e. The summed E-state index contributed by atoms with van der Waals surface area (Å²) in [5, 5.41) is 12.4. The number of aromatic nitrogens is 2. The second-order valence-corrected chi connectivity index (χ2v) is 6.05. The van der Waals surface area contributed by atoms with Gasteiger partial charge in [-0.2, -0.15) is 0 Å². The van der Waals surface area contributed by atoms with E-state index < -0.39 is 0 Å². The lowest BCUT2D eigenvalue weighted by molar-refractivity contribution is 0.321. The van der Waals surface area contributed by atoms with Crippen molar-refractivity contribution in [1.29, 1.82) is 0 Å². The Bertz CT molecular complexity index is 920. The highest BCUT2D eigenvalue weighted by Crippen LogP contribution is 2.23. The lowest BCUT2D eigenvalue weighted by Crippen LogP contribution is -2.21. The third kappa shape index (κ3) is 3.27. The number of hydrogen-bond donors (Lipinski definition) is 1. The molecule has 0 amide bonds. The van der Waals surface area contributed by atoms with Gasteiger partial charge in [-0.15, -0.1) is 11.8 Å². The Hall–Kier alpha value is -2.60. The van der Waals surface area contributed by atoms with Gasteiger partial charge in [0, 0.05) is 11.9 Å². The lowest BCUT2D eigenvalue weighted by Gasteiger charge is -2.08. The van der Waals surface area contributed by atoms with Gasteiger partial charge in [0.25, 0.3) is 5.56 Å². The van der Waals surface area contributed by atoms with Crippen LogP contribution >= 0.6 is 11.8 Å². The van der Waals surface area contributed by atoms with Crippen LogP contribution in [0, 0.1) is 6.92 Å². The topological polar surface area (TPSA) is 67.0 Å². The van der Waals surface area contributed by atoms with E-state index in [0.717, 1.165) is 17.3 Å². The lowest BCUT2D eigenvalue weighted by atomic mass is 10.2. The molecule has 0 saturated carbocycles. The smallest absolute Gasteiger partial charge is 0.267 e. The minimum absolute atomic E-state index is 0.243. The molecule has 0 bridgehead atoms. The van der Waals surface area contributed by atoms with E-state index in [4.69, 9.17) is 5.21 Å². The monoisotopic (exact) mass is 325 g/mol. The normalized spacial score (nSPS) is 11.3. The third-order valence-electron chi connectivity index (χ3n) is 3.38. The molecule has 0 unspecified atom stereocenters. The molecule has 1 N–H and O–H groups in total. The highest BCUT2D eigenvalue weighted by Gasteiger charge is 2.12. The van der Waals surface area contributed by atoms with Gasteiger partial charge < -0.3 is 5.21 Å². The van der Waals surface area contributed by atoms with E-state index in [0.29, 0.717) is 16.4 Å². The highest BCUT2D eigenvalue weighted by atomic mass is 32.2. The van der Waals surface area contributed by atoms with Crippen LogP contribution in [0.25, 0.3) is 5.65 Å². The van der Waals surface area contributed by atoms with E-state index in [1.165, 1.54) is 16.2 Å². The Morgan fingerprint density at radius 3 is 2.78 bits per heavy atom. The number of pyridine rings is 1. The summed E-state index contributed by atoms with van der Waals surface area (Å²) >= 11 is 1.45. The Kier molecular flexibility index (Phi) is 4.43. The molecule has 0 aliphatic heterocycles. The standard InChI is InChI=1S/C17H15N3O2S/c1-12-7-8-15-19-16(23-11-13-5-3-2-4-6-13)14(9-18-22)17(21)20(15)10-12/h2-10,22H,11H2,1H3/b18-9+. The molecule has 0 spiro atoms. The zero-order valence-corrected chi connectivity index (χ0v) is 13.3. The van der Waals surface area contributed by atoms with Gasteiger partial charge in [-0.1, -0.05) is 41.6 Å². The van der Waals surface area contributed by atoms with Crippen LogP contribution in [0.2, 0.25) is 0 Å². The molecule has 3 aromatic rings. The second-order valence-electron chi connectivity index (χ2n) is 5.09. The number of fused-ring (bicyclic) bond motifs is 1. The maximum absolute atomic E-state index is 12.6. The molecule has 0 radical (unpaired) electrons. The number of aryl methyl sites for hydroxylation is 1. The first-order valence-electron chi connectivity index (χ1n) is 7.06. The Labute approximate surface area is 137 Å². The molecule has 2 heterocycles. The number of nitrogens with zero attached hydrogens (tertiary/aromatic N) is 3. The van der Waals surface area contributed by atoms with E-state index in [-0.39, 0.29) is 11.1 Å². The average molecular weight is 325 g/mol. The summed E-state index contributed by atoms with van der Waals surface area (Å²) in [4.78, 5) is 17.1. The zero-order chi connectivity index (χ0) is 16.2. The number of oxime groups is 1. The fourth-order valence-corrected chi connectivity index (χ4v) is 3.19. The van der Waals surface area contributed by atoms with Gasteiger partial charge in [0.15, 0.2) is 0 Å². The summed E-state index contributed by atoms with van der Waals surface area (Å²) in [5.74, 6) is 0.682. The van der Waals surface area contributed by atoms with Crippen molar-refractivity contribution in [2.24, 2.45) is 5.16 Å². The van der Waals surface area contributed by atoms with Gasteiger partial charge >= 0.3 is 0 Å². The van der Waals surface area contributed by atoms with Gasteiger partial charge in [-0.25, -0.2) is 4.98 Å². The molecule has 6 heteroatoms. The van der Waals surface area contributed by atoms with E-state index in [1.807, 2.05) is 49.4 Å². The fraction of sp³-hybridized carbons (Fsp3) is 0.118. The molecule has 0 atom stereocenters. The van der Waals surface area contributed by atoms with Crippen LogP contribution in [0.15, 0.2) is 63.6 Å². The molecule has 0 fully saturated rings. The molecule has 0 aliphatic carbocycles. The maximum atomic E-state index is 12.6. The largest absolute Gasteiger partial charge is 0.411 e. The number of benzene rings is 1. The van der Waals surface area contributed by atoms with Crippen molar-refractivity contribution < 1.29 is 5.21 Å². The van der Waals surface area contributed by atoms with Crippen molar-refractivity contribution in [3.8, 4) is 0 Å². The van der Waals surface area contributed by atoms with E-state index in [1.54, 1.807) is 6.20 Å². The quantitative estimate of drug-likeness (QED) is 0.263. The van der Waals surface area contributed by atoms with E-state index in [2.05, 4.69) is 10.1 Å². The molecule has 2 aromatic heterocycles. The average Bonchev–Trinajstić information content (AvgIpc) is 2.57. The molecule has 23 heavy (non-hydrogen) atoms. The second kappa shape index (κ2) is 6.66. The van der Waals surface area contributed by atoms with Crippen molar-refractivity contribution in [2.45, 2.75) is 17.7 Å². The zero-order valence-electron chi connectivity index (χ0n) is 12.5. The van der Waals surface area contributed by atoms with Crippen molar-refractivity contribution in [3.63, 3.8) is 0 Å². The summed E-state index contributed by atoms with van der Waals surface area (Å²) in [6.07, 6.45) is 2.88. The first-order chi connectivity index (χ1) is 11.2. The van der Waals surface area contributed by atoms with Crippen LogP contribution in [-0.4, -0.2) is 20.8 Å². The number of hydrogen-bond acceptors (Lipinski definition) is 5. The predicted molar refractivity (Wildman–Crippen MR) is 91.6 cm³/mol. The van der Waals surface area contributed by atoms with Crippen molar-refractivity contribution in [3.05, 3.63) is 75.7 Å². The summed E-state index contributed by atoms with van der Waals surface area (Å²) in [7, 11) is 0. The molecule has 0 aliphatic rings. The number of thioether (sulfide) groups is 1. The molecular formula is C17H15N3O2S. The fourth-order valence-electron chi connectivity index (χ4n) is 2.24. The summed E-state index contributed by atoms with van der Waals surface area (Å²) in [6.45, 7) is 1.91. The Morgan fingerprint density at radius 1 is 1.26 bits per heavy atom. The molecule has 3 rings (SSSR count). The van der Waals surface area contributed by atoms with Gasteiger partial charge in [-0.05, 0) is 24.1 Å². The Morgan fingerprint density at radius 2 is 2.04 bits per heavy atom. The third-order valence-corrected chi connectivity index (χ3v) is 4.44. The highest BCUT2D eigenvalue weighted by molar-refractivity contribution is 7.98. The molecule has 5 nitrogen and oxygen atoms in total. The van der Waals surface area contributed by atoms with Crippen molar-refractivity contribution in [2.75, 3.05) is 0 Å². The van der Waals surface area contributed by atoms with Crippen molar-refractivity contribution in [1.82, 2.24) is 9.38 Å².